The minimum absolute atomic E-state index is 0.0146. The number of nitrogens with zero attached hydrogens (tertiary/aromatic N) is 1. The zero-order chi connectivity index (χ0) is 18.5. The molecule has 1 nitrogen and oxygen atoms in total. The van der Waals surface area contributed by atoms with E-state index in [0.29, 0.717) is 0 Å². The first-order valence-corrected chi connectivity index (χ1v) is 11.0. The molecule has 2 aromatic carbocycles. The summed E-state index contributed by atoms with van der Waals surface area (Å²) in [6.07, 6.45) is 5.28. The Kier molecular flexibility index (Phi) is 6.31. The Morgan fingerprint density at radius 3 is 2.35 bits per heavy atom. The molecule has 0 spiro atoms. The van der Waals surface area contributed by atoms with Gasteiger partial charge in [-0.3, -0.25) is 4.99 Å². The zero-order valence-electron chi connectivity index (χ0n) is 15.7. The molecule has 2 aromatic rings. The molecule has 0 saturated heterocycles. The molecule has 1 heterocycles. The molecule has 1 atom stereocenters. The van der Waals surface area contributed by atoms with Gasteiger partial charge in [0.1, 0.15) is 0 Å². The summed E-state index contributed by atoms with van der Waals surface area (Å²) in [5.41, 5.74) is 2.48. The molecular weight excluding hydrogens is 354 g/mol. The lowest BCUT2D eigenvalue weighted by atomic mass is 9.94. The van der Waals surface area contributed by atoms with E-state index >= 15 is 0 Å². The van der Waals surface area contributed by atoms with Crippen LogP contribution in [0, 0.1) is 0 Å². The quantitative estimate of drug-likeness (QED) is 0.377. The van der Waals surface area contributed by atoms with Crippen LogP contribution in [0.3, 0.4) is 0 Å². The first-order chi connectivity index (χ1) is 12.6. The Hall–Kier alpha value is -1.45. The van der Waals surface area contributed by atoms with Gasteiger partial charge >= 0.3 is 0 Å². The van der Waals surface area contributed by atoms with E-state index in [1.807, 2.05) is 17.8 Å². The molecular formula is C23H27NS2. The van der Waals surface area contributed by atoms with Crippen molar-refractivity contribution in [3.8, 4) is 0 Å². The first kappa shape index (κ1) is 19.3. The molecule has 0 aromatic heterocycles. The maximum atomic E-state index is 5.18. The number of aliphatic imine (C=N–C) groups is 1. The lowest BCUT2D eigenvalue weighted by molar-refractivity contribution is 0.475. The third kappa shape index (κ3) is 4.27. The van der Waals surface area contributed by atoms with Crippen LogP contribution in [0.25, 0.3) is 0 Å². The molecule has 0 fully saturated rings. The van der Waals surface area contributed by atoms with Gasteiger partial charge in [-0.2, -0.15) is 0 Å². The summed E-state index contributed by atoms with van der Waals surface area (Å²) in [4.78, 5) is 5.18. The fraction of sp³-hybridized carbons (Fsp3) is 0.348. The van der Waals surface area contributed by atoms with E-state index in [-0.39, 0.29) is 9.62 Å². The molecule has 0 aliphatic carbocycles. The largest absolute Gasteiger partial charge is 0.269 e. The molecule has 3 heteroatoms. The highest BCUT2D eigenvalue weighted by atomic mass is 32.2. The summed E-state index contributed by atoms with van der Waals surface area (Å²) in [6, 6.07) is 21.4. The van der Waals surface area contributed by atoms with Crippen LogP contribution in [0.1, 0.15) is 37.8 Å². The van der Waals surface area contributed by atoms with Crippen molar-refractivity contribution in [3.63, 3.8) is 0 Å². The molecule has 0 amide bonds. The topological polar surface area (TPSA) is 12.4 Å². The number of benzene rings is 2. The molecule has 1 aliphatic heterocycles. The van der Waals surface area contributed by atoms with Gasteiger partial charge in [0.25, 0.3) is 0 Å². The molecule has 0 bridgehead atoms. The number of allylic oxidation sites excluding steroid dienone is 1. The van der Waals surface area contributed by atoms with E-state index in [9.17, 15) is 0 Å². The van der Waals surface area contributed by atoms with Crippen molar-refractivity contribution in [2.45, 2.75) is 42.7 Å². The fourth-order valence-corrected chi connectivity index (χ4v) is 6.59. The van der Waals surface area contributed by atoms with E-state index in [2.05, 4.69) is 92.9 Å². The molecule has 0 radical (unpaired) electrons. The number of unbranched alkanes of at least 4 members (excludes halogenated alkanes) is 1. The van der Waals surface area contributed by atoms with E-state index in [4.69, 9.17) is 4.99 Å². The Morgan fingerprint density at radius 2 is 1.69 bits per heavy atom. The van der Waals surface area contributed by atoms with Gasteiger partial charge in [0.05, 0.1) is 14.7 Å². The van der Waals surface area contributed by atoms with Crippen molar-refractivity contribution in [2.24, 2.45) is 4.99 Å². The average molecular weight is 382 g/mol. The van der Waals surface area contributed by atoms with Crippen LogP contribution >= 0.6 is 23.5 Å². The van der Waals surface area contributed by atoms with Gasteiger partial charge in [0.2, 0.25) is 0 Å². The van der Waals surface area contributed by atoms with Crippen LogP contribution < -0.4 is 0 Å². The average Bonchev–Trinajstić information content (AvgIpc) is 2.91. The predicted octanol–water partition coefficient (Wildman–Crippen LogP) is 6.60. The lowest BCUT2D eigenvalue weighted by Gasteiger charge is -2.38. The molecule has 1 aliphatic rings. The highest BCUT2D eigenvalue weighted by Crippen LogP contribution is 2.55. The van der Waals surface area contributed by atoms with E-state index < -0.39 is 0 Å². The first-order valence-electron chi connectivity index (χ1n) is 9.19. The van der Waals surface area contributed by atoms with Crippen LogP contribution in [0.2, 0.25) is 0 Å². The van der Waals surface area contributed by atoms with Gasteiger partial charge in [-0.05, 0) is 44.4 Å². The lowest BCUT2D eigenvalue weighted by Crippen LogP contribution is -2.42. The summed E-state index contributed by atoms with van der Waals surface area (Å²) in [7, 11) is 0. The maximum Gasteiger partial charge on any atom is 0.0999 e. The fourth-order valence-electron chi connectivity index (χ4n) is 3.19. The minimum Gasteiger partial charge on any atom is -0.269 e. The van der Waals surface area contributed by atoms with E-state index in [1.54, 1.807) is 0 Å². The van der Waals surface area contributed by atoms with Gasteiger partial charge in [0.15, 0.2) is 0 Å². The Morgan fingerprint density at radius 1 is 1.04 bits per heavy atom. The molecule has 3 rings (SSSR count). The molecule has 1 unspecified atom stereocenters. The number of rotatable bonds is 8. The van der Waals surface area contributed by atoms with Crippen LogP contribution in [-0.2, 0) is 6.42 Å². The second kappa shape index (κ2) is 8.49. The van der Waals surface area contributed by atoms with Crippen molar-refractivity contribution in [1.82, 2.24) is 0 Å². The Labute approximate surface area is 166 Å². The Balaban J connectivity index is 1.88. The van der Waals surface area contributed by atoms with Crippen molar-refractivity contribution in [1.29, 1.82) is 0 Å². The summed E-state index contributed by atoms with van der Waals surface area (Å²) in [6.45, 7) is 8.44. The van der Waals surface area contributed by atoms with Gasteiger partial charge < -0.3 is 0 Å². The highest BCUT2D eigenvalue weighted by molar-refractivity contribution is 8.26. The minimum atomic E-state index is -0.127. The second-order valence-corrected chi connectivity index (χ2v) is 10.1. The van der Waals surface area contributed by atoms with Gasteiger partial charge in [-0.25, -0.2) is 0 Å². The number of thioether (sulfide) groups is 2. The van der Waals surface area contributed by atoms with E-state index in [1.165, 1.54) is 22.6 Å². The van der Waals surface area contributed by atoms with Crippen LogP contribution in [0.5, 0.6) is 0 Å². The van der Waals surface area contributed by atoms with Crippen molar-refractivity contribution in [2.75, 3.05) is 5.75 Å². The SMILES string of the molecule is C=CCCCSC1(Cc2ccccc2)SC(c2ccccc2)=NC1(C)C. The van der Waals surface area contributed by atoms with E-state index in [0.717, 1.165) is 18.6 Å². The molecule has 0 saturated carbocycles. The van der Waals surface area contributed by atoms with Gasteiger partial charge in [-0.15, -0.1) is 18.3 Å². The monoisotopic (exact) mass is 381 g/mol. The van der Waals surface area contributed by atoms with Crippen LogP contribution in [-0.4, -0.2) is 20.4 Å². The van der Waals surface area contributed by atoms with Gasteiger partial charge in [-0.1, -0.05) is 78.5 Å². The Bertz CT molecular complexity index is 752. The van der Waals surface area contributed by atoms with Crippen molar-refractivity contribution in [3.05, 3.63) is 84.4 Å². The van der Waals surface area contributed by atoms with Crippen molar-refractivity contribution < 1.29 is 0 Å². The number of hydrogen-bond acceptors (Lipinski definition) is 3. The molecule has 0 N–H and O–H groups in total. The zero-order valence-corrected chi connectivity index (χ0v) is 17.3. The van der Waals surface area contributed by atoms with Crippen LogP contribution in [0.15, 0.2) is 78.3 Å². The second-order valence-electron chi connectivity index (χ2n) is 7.14. The molecule has 26 heavy (non-hydrogen) atoms. The summed E-state index contributed by atoms with van der Waals surface area (Å²) in [5, 5.41) is 1.17. The third-order valence-corrected chi connectivity index (χ3v) is 8.46. The highest BCUT2D eigenvalue weighted by Gasteiger charge is 2.51. The summed E-state index contributed by atoms with van der Waals surface area (Å²) in [5.74, 6) is 1.13. The van der Waals surface area contributed by atoms with Crippen LogP contribution in [0.4, 0.5) is 0 Å². The standard InChI is InChI=1S/C23H27NS2/c1-4-5-12-17-25-23(18-19-13-8-6-9-14-19)22(2,3)24-21(26-23)20-15-10-7-11-16-20/h4,6-11,13-16H,1,5,12,17-18H2,2-3H3. The number of hydrogen-bond donors (Lipinski definition) is 0. The summed E-state index contributed by atoms with van der Waals surface area (Å²) >= 11 is 4.03. The third-order valence-electron chi connectivity index (χ3n) is 4.76. The predicted molar refractivity (Wildman–Crippen MR) is 119 cm³/mol. The van der Waals surface area contributed by atoms with Gasteiger partial charge in [0, 0.05) is 5.56 Å². The maximum absolute atomic E-state index is 5.18. The molecule has 136 valence electrons. The van der Waals surface area contributed by atoms with Crippen molar-refractivity contribution >= 4 is 28.6 Å². The normalized spacial score (nSPS) is 21.4. The summed E-state index contributed by atoms with van der Waals surface area (Å²) < 4.78 is 0.0146. The smallest absolute Gasteiger partial charge is 0.0999 e.